The van der Waals surface area contributed by atoms with Crippen LogP contribution < -0.4 is 0 Å². The number of amides is 1. The van der Waals surface area contributed by atoms with E-state index in [0.29, 0.717) is 13.0 Å². The number of thiophene rings is 1. The van der Waals surface area contributed by atoms with Gasteiger partial charge in [0.15, 0.2) is 11.0 Å². The highest BCUT2D eigenvalue weighted by Gasteiger charge is 2.35. The lowest BCUT2D eigenvalue weighted by atomic mass is 10.1. The number of hydrazone groups is 1. The van der Waals surface area contributed by atoms with Crippen LogP contribution in [0, 0.1) is 0 Å². The molecule has 0 bridgehead atoms. The van der Waals surface area contributed by atoms with Crippen LogP contribution >= 0.6 is 23.1 Å². The summed E-state index contributed by atoms with van der Waals surface area (Å²) >= 11 is 3.00. The first-order chi connectivity index (χ1) is 15.7. The molecule has 3 aromatic heterocycles. The average molecular weight is 464 g/mol. The summed E-state index contributed by atoms with van der Waals surface area (Å²) < 4.78 is 7.65. The number of nitrogens with zero attached hydrogens (tertiary/aromatic N) is 5. The molecule has 7 nitrogen and oxygen atoms in total. The summed E-state index contributed by atoms with van der Waals surface area (Å²) in [6, 6.07) is 17.5. The molecule has 0 radical (unpaired) electrons. The summed E-state index contributed by atoms with van der Waals surface area (Å²) in [4.78, 5) is 14.3. The quantitative estimate of drug-likeness (QED) is 0.357. The maximum absolute atomic E-state index is 13.2. The number of aromatic nitrogens is 3. The molecular weight excluding hydrogens is 442 g/mol. The Labute approximate surface area is 193 Å². The number of benzene rings is 1. The molecule has 162 valence electrons. The van der Waals surface area contributed by atoms with Crippen molar-refractivity contribution in [2.45, 2.75) is 31.1 Å². The van der Waals surface area contributed by atoms with Crippen molar-refractivity contribution in [3.63, 3.8) is 0 Å². The maximum atomic E-state index is 13.2. The molecule has 1 unspecified atom stereocenters. The molecule has 0 saturated heterocycles. The summed E-state index contributed by atoms with van der Waals surface area (Å²) in [6.45, 7) is 2.76. The van der Waals surface area contributed by atoms with Gasteiger partial charge >= 0.3 is 0 Å². The van der Waals surface area contributed by atoms with Crippen molar-refractivity contribution in [1.82, 2.24) is 19.8 Å². The molecule has 1 atom stereocenters. The van der Waals surface area contributed by atoms with Gasteiger partial charge in [-0.2, -0.15) is 5.10 Å². The minimum absolute atomic E-state index is 0.0881. The Morgan fingerprint density at radius 1 is 1.16 bits per heavy atom. The van der Waals surface area contributed by atoms with Gasteiger partial charge in [-0.15, -0.1) is 21.5 Å². The fourth-order valence-corrected chi connectivity index (χ4v) is 5.28. The Bertz CT molecular complexity index is 1220. The Morgan fingerprint density at radius 3 is 2.75 bits per heavy atom. The van der Waals surface area contributed by atoms with Crippen LogP contribution in [0.15, 0.2) is 80.9 Å². The third kappa shape index (κ3) is 4.01. The van der Waals surface area contributed by atoms with Crippen molar-refractivity contribution in [2.75, 3.05) is 5.75 Å². The molecule has 1 aliphatic heterocycles. The Hall–Kier alpha value is -3.17. The smallest absolute Gasteiger partial charge is 0.253 e. The molecule has 1 aliphatic rings. The van der Waals surface area contributed by atoms with Gasteiger partial charge in [-0.05, 0) is 30.5 Å². The van der Waals surface area contributed by atoms with E-state index in [1.807, 2.05) is 71.5 Å². The van der Waals surface area contributed by atoms with Gasteiger partial charge in [-0.25, -0.2) is 5.01 Å². The zero-order chi connectivity index (χ0) is 21.9. The predicted octanol–water partition coefficient (Wildman–Crippen LogP) is 5.09. The number of carbonyl (C=O) groups is 1. The molecule has 0 N–H and O–H groups in total. The molecule has 0 saturated carbocycles. The van der Waals surface area contributed by atoms with E-state index < -0.39 is 0 Å². The van der Waals surface area contributed by atoms with E-state index >= 15 is 0 Å². The van der Waals surface area contributed by atoms with Gasteiger partial charge in [0.2, 0.25) is 0 Å². The molecule has 0 aliphatic carbocycles. The number of hydrogen-bond acceptors (Lipinski definition) is 7. The van der Waals surface area contributed by atoms with Crippen LogP contribution in [0.2, 0.25) is 0 Å². The first-order valence-corrected chi connectivity index (χ1v) is 12.2. The topological polar surface area (TPSA) is 76.5 Å². The lowest BCUT2D eigenvalue weighted by Gasteiger charge is -2.19. The molecule has 1 amide bonds. The van der Waals surface area contributed by atoms with E-state index in [1.165, 1.54) is 11.8 Å². The monoisotopic (exact) mass is 463 g/mol. The highest BCUT2D eigenvalue weighted by Crippen LogP contribution is 2.35. The highest BCUT2D eigenvalue weighted by atomic mass is 32.2. The van der Waals surface area contributed by atoms with E-state index in [0.717, 1.165) is 32.9 Å². The van der Waals surface area contributed by atoms with E-state index in [-0.39, 0.29) is 17.7 Å². The first-order valence-electron chi connectivity index (χ1n) is 10.3. The zero-order valence-corrected chi connectivity index (χ0v) is 19.1. The second-order valence-electron chi connectivity index (χ2n) is 7.20. The Kier molecular flexibility index (Phi) is 5.91. The second kappa shape index (κ2) is 9.13. The lowest BCUT2D eigenvalue weighted by molar-refractivity contribution is -0.130. The summed E-state index contributed by atoms with van der Waals surface area (Å²) in [5.74, 6) is 1.66. The molecule has 32 heavy (non-hydrogen) atoms. The van der Waals surface area contributed by atoms with Gasteiger partial charge in [-0.1, -0.05) is 48.2 Å². The van der Waals surface area contributed by atoms with Crippen molar-refractivity contribution in [2.24, 2.45) is 5.10 Å². The SMILES string of the molecule is CCn1c(SCC(=O)N2N=C(c3cccs3)CC2c2ccco2)nnc1-c1ccccc1. The van der Waals surface area contributed by atoms with Crippen molar-refractivity contribution >= 4 is 34.7 Å². The third-order valence-corrected chi connectivity index (χ3v) is 7.10. The number of hydrogen-bond donors (Lipinski definition) is 0. The van der Waals surface area contributed by atoms with E-state index in [1.54, 1.807) is 22.6 Å². The van der Waals surface area contributed by atoms with Crippen LogP contribution in [0.25, 0.3) is 11.4 Å². The van der Waals surface area contributed by atoms with Gasteiger partial charge in [0, 0.05) is 18.5 Å². The molecule has 4 heterocycles. The number of carbonyl (C=O) groups excluding carboxylic acids is 1. The number of rotatable bonds is 7. The minimum atomic E-state index is -0.237. The van der Waals surface area contributed by atoms with Crippen LogP contribution in [0.4, 0.5) is 0 Å². The summed E-state index contributed by atoms with van der Waals surface area (Å²) in [7, 11) is 0. The molecule has 0 fully saturated rings. The van der Waals surface area contributed by atoms with Gasteiger partial charge in [0.1, 0.15) is 11.8 Å². The van der Waals surface area contributed by atoms with Crippen LogP contribution in [-0.4, -0.2) is 37.1 Å². The van der Waals surface area contributed by atoms with Crippen molar-refractivity contribution < 1.29 is 9.21 Å². The lowest BCUT2D eigenvalue weighted by Crippen LogP contribution is -2.28. The predicted molar refractivity (Wildman–Crippen MR) is 126 cm³/mol. The van der Waals surface area contributed by atoms with Crippen molar-refractivity contribution in [3.05, 3.63) is 76.9 Å². The molecule has 5 rings (SSSR count). The zero-order valence-electron chi connectivity index (χ0n) is 17.4. The Morgan fingerprint density at radius 2 is 2.03 bits per heavy atom. The first kappa shape index (κ1) is 20.7. The second-order valence-corrected chi connectivity index (χ2v) is 9.09. The van der Waals surface area contributed by atoms with Crippen LogP contribution in [-0.2, 0) is 11.3 Å². The van der Waals surface area contributed by atoms with Gasteiger partial charge in [0.05, 0.1) is 22.6 Å². The molecule has 1 aromatic carbocycles. The van der Waals surface area contributed by atoms with Crippen LogP contribution in [0.5, 0.6) is 0 Å². The fourth-order valence-electron chi connectivity index (χ4n) is 3.71. The average Bonchev–Trinajstić information content (AvgIpc) is 3.63. The fraction of sp³-hybridized carbons (Fsp3) is 0.217. The maximum Gasteiger partial charge on any atom is 0.253 e. The summed E-state index contributed by atoms with van der Waals surface area (Å²) in [5.41, 5.74) is 1.91. The highest BCUT2D eigenvalue weighted by molar-refractivity contribution is 7.99. The van der Waals surface area contributed by atoms with Crippen molar-refractivity contribution in [1.29, 1.82) is 0 Å². The van der Waals surface area contributed by atoms with E-state index in [2.05, 4.69) is 15.3 Å². The number of furan rings is 1. The van der Waals surface area contributed by atoms with Gasteiger partial charge in [0.25, 0.3) is 5.91 Å². The minimum Gasteiger partial charge on any atom is -0.467 e. The third-order valence-electron chi connectivity index (χ3n) is 5.23. The molecule has 0 spiro atoms. The van der Waals surface area contributed by atoms with E-state index in [9.17, 15) is 4.79 Å². The summed E-state index contributed by atoms with van der Waals surface area (Å²) in [6.07, 6.45) is 2.26. The van der Waals surface area contributed by atoms with Crippen LogP contribution in [0.3, 0.4) is 0 Å². The van der Waals surface area contributed by atoms with Gasteiger partial charge < -0.3 is 8.98 Å². The largest absolute Gasteiger partial charge is 0.467 e. The standard InChI is InChI=1S/C23H21N5O2S2/c1-2-27-22(16-8-4-3-5-9-16)24-25-23(27)32-15-21(29)28-18(19-10-6-12-30-19)14-17(26-28)20-11-7-13-31-20/h3-13,18H,2,14-15H2,1H3. The van der Waals surface area contributed by atoms with Crippen LogP contribution in [0.1, 0.15) is 30.0 Å². The molecule has 4 aromatic rings. The molecule has 9 heteroatoms. The number of thioether (sulfide) groups is 1. The summed E-state index contributed by atoms with van der Waals surface area (Å²) in [5, 5.41) is 17.7. The normalized spacial score (nSPS) is 15.8. The van der Waals surface area contributed by atoms with E-state index in [4.69, 9.17) is 4.42 Å². The van der Waals surface area contributed by atoms with Crippen molar-refractivity contribution in [3.8, 4) is 11.4 Å². The molecular formula is C23H21N5O2S2. The van der Waals surface area contributed by atoms with Gasteiger partial charge in [-0.3, -0.25) is 4.79 Å². The Balaban J connectivity index is 1.35.